The SMILES string of the molecule is CC(=O)O[C@@H](C)/C=C\C(=O)N[C@@H]1CC(N)[C@H](C/C=C(C)/C=C/[C@@H]2C[C@@]3(CCO2)CO3)O[C@@H]1C. The normalized spacial score (nSPS) is 35.7. The summed E-state index contributed by atoms with van der Waals surface area (Å²) in [5.41, 5.74) is 7.58. The molecule has 8 nitrogen and oxygen atoms in total. The van der Waals surface area contributed by atoms with E-state index in [4.69, 9.17) is 24.7 Å². The molecule has 3 saturated heterocycles. The van der Waals surface area contributed by atoms with Crippen molar-refractivity contribution in [3.63, 3.8) is 0 Å². The third kappa shape index (κ3) is 8.07. The molecular formula is C25H38N2O6. The van der Waals surface area contributed by atoms with Crippen LogP contribution in [0.1, 0.15) is 53.4 Å². The second kappa shape index (κ2) is 11.4. The number of allylic oxidation sites excluding steroid dienone is 2. The van der Waals surface area contributed by atoms with Crippen molar-refractivity contribution in [3.05, 3.63) is 36.0 Å². The molecule has 33 heavy (non-hydrogen) atoms. The molecule has 1 spiro atoms. The van der Waals surface area contributed by atoms with Crippen LogP contribution in [-0.2, 0) is 28.5 Å². The molecule has 3 aliphatic heterocycles. The Hall–Kier alpha value is -2.00. The molecule has 1 unspecified atom stereocenters. The number of carbonyl (C=O) groups is 2. The van der Waals surface area contributed by atoms with Gasteiger partial charge >= 0.3 is 5.97 Å². The van der Waals surface area contributed by atoms with E-state index in [0.29, 0.717) is 12.8 Å². The van der Waals surface area contributed by atoms with Crippen molar-refractivity contribution in [3.8, 4) is 0 Å². The predicted molar refractivity (Wildman–Crippen MR) is 124 cm³/mol. The highest BCUT2D eigenvalue weighted by Crippen LogP contribution is 2.39. The minimum atomic E-state index is -0.461. The maximum absolute atomic E-state index is 12.2. The fourth-order valence-corrected chi connectivity index (χ4v) is 4.31. The van der Waals surface area contributed by atoms with Gasteiger partial charge in [0.1, 0.15) is 6.10 Å². The van der Waals surface area contributed by atoms with Gasteiger partial charge in [0.05, 0.1) is 43.2 Å². The zero-order chi connectivity index (χ0) is 24.0. The summed E-state index contributed by atoms with van der Waals surface area (Å²) in [6.45, 7) is 8.64. The molecule has 0 aliphatic carbocycles. The molecule has 0 radical (unpaired) electrons. The third-order valence-corrected chi connectivity index (χ3v) is 6.42. The minimum absolute atomic E-state index is 0.0754. The summed E-state index contributed by atoms with van der Waals surface area (Å²) in [5.74, 6) is -0.647. The summed E-state index contributed by atoms with van der Waals surface area (Å²) >= 11 is 0. The second-order valence-electron chi connectivity index (χ2n) is 9.45. The molecule has 0 bridgehead atoms. The maximum atomic E-state index is 12.2. The van der Waals surface area contributed by atoms with Crippen LogP contribution in [0.25, 0.3) is 0 Å². The van der Waals surface area contributed by atoms with E-state index in [1.807, 2.05) is 6.92 Å². The summed E-state index contributed by atoms with van der Waals surface area (Å²) in [5, 5.41) is 2.94. The number of hydrogen-bond donors (Lipinski definition) is 2. The molecule has 184 valence electrons. The van der Waals surface area contributed by atoms with Crippen molar-refractivity contribution in [2.24, 2.45) is 5.73 Å². The molecule has 3 aliphatic rings. The lowest BCUT2D eigenvalue weighted by Gasteiger charge is -2.38. The topological polar surface area (TPSA) is 112 Å². The Morgan fingerprint density at radius 3 is 2.76 bits per heavy atom. The van der Waals surface area contributed by atoms with Gasteiger partial charge in [0.25, 0.3) is 0 Å². The maximum Gasteiger partial charge on any atom is 0.303 e. The summed E-state index contributed by atoms with van der Waals surface area (Å²) in [6.07, 6.45) is 11.9. The molecule has 8 heteroatoms. The number of rotatable bonds is 8. The second-order valence-corrected chi connectivity index (χ2v) is 9.45. The van der Waals surface area contributed by atoms with Gasteiger partial charge in [-0.1, -0.05) is 23.8 Å². The van der Waals surface area contributed by atoms with Crippen LogP contribution in [0.3, 0.4) is 0 Å². The van der Waals surface area contributed by atoms with E-state index in [9.17, 15) is 9.59 Å². The van der Waals surface area contributed by atoms with Crippen LogP contribution in [-0.4, -0.2) is 67.2 Å². The van der Waals surface area contributed by atoms with Gasteiger partial charge in [0.2, 0.25) is 5.91 Å². The van der Waals surface area contributed by atoms with Crippen LogP contribution in [0.15, 0.2) is 36.0 Å². The lowest BCUT2D eigenvalue weighted by molar-refractivity contribution is -0.143. The first-order chi connectivity index (χ1) is 15.7. The van der Waals surface area contributed by atoms with E-state index in [0.717, 1.165) is 31.6 Å². The summed E-state index contributed by atoms with van der Waals surface area (Å²) in [7, 11) is 0. The summed E-state index contributed by atoms with van der Waals surface area (Å²) in [4.78, 5) is 23.2. The van der Waals surface area contributed by atoms with E-state index in [-0.39, 0.29) is 47.9 Å². The van der Waals surface area contributed by atoms with Crippen molar-refractivity contribution < 1.29 is 28.5 Å². The Labute approximate surface area is 196 Å². The molecule has 0 aromatic heterocycles. The Morgan fingerprint density at radius 2 is 2.06 bits per heavy atom. The van der Waals surface area contributed by atoms with Crippen LogP contribution in [0.2, 0.25) is 0 Å². The molecule has 0 aromatic carbocycles. The van der Waals surface area contributed by atoms with E-state index in [2.05, 4.69) is 30.5 Å². The largest absolute Gasteiger partial charge is 0.459 e. The van der Waals surface area contributed by atoms with Gasteiger partial charge in [-0.15, -0.1) is 0 Å². The fraction of sp³-hybridized carbons (Fsp3) is 0.680. The quantitative estimate of drug-likeness (QED) is 0.246. The molecular weight excluding hydrogens is 424 g/mol. The zero-order valence-corrected chi connectivity index (χ0v) is 20.1. The molecule has 3 heterocycles. The highest BCUT2D eigenvalue weighted by Gasteiger charge is 2.48. The van der Waals surface area contributed by atoms with Crippen LogP contribution in [0.5, 0.6) is 0 Å². The van der Waals surface area contributed by atoms with Gasteiger partial charge in [-0.2, -0.15) is 0 Å². The molecule has 0 saturated carbocycles. The van der Waals surface area contributed by atoms with E-state index in [1.165, 1.54) is 13.0 Å². The van der Waals surface area contributed by atoms with Crippen molar-refractivity contribution in [1.82, 2.24) is 5.32 Å². The molecule has 7 atom stereocenters. The Morgan fingerprint density at radius 1 is 1.30 bits per heavy atom. The van der Waals surface area contributed by atoms with Crippen LogP contribution in [0.4, 0.5) is 0 Å². The number of hydrogen-bond acceptors (Lipinski definition) is 7. The van der Waals surface area contributed by atoms with Gasteiger partial charge in [0.15, 0.2) is 0 Å². The standard InChI is InChI=1S/C25H38N2O6/c1-16(5-8-20-14-25(15-31-25)11-12-30-20)6-9-23-21(26)13-22(18(3)33-23)27-24(29)10-7-17(2)32-19(4)28/h5-8,10,17-18,20-23H,9,11-15,26H2,1-4H3,(H,27,29)/b8-5+,10-7-,16-6+/t17-,18+,20+,21?,22+,23-,25-/m0/s1. The summed E-state index contributed by atoms with van der Waals surface area (Å²) < 4.78 is 22.5. The van der Waals surface area contributed by atoms with Crippen molar-refractivity contribution in [1.29, 1.82) is 0 Å². The minimum Gasteiger partial charge on any atom is -0.459 e. The number of amides is 1. The molecule has 1 amide bonds. The van der Waals surface area contributed by atoms with E-state index < -0.39 is 6.10 Å². The fourth-order valence-electron chi connectivity index (χ4n) is 4.31. The van der Waals surface area contributed by atoms with Gasteiger partial charge in [0, 0.05) is 31.9 Å². The first-order valence-corrected chi connectivity index (χ1v) is 11.8. The number of nitrogens with two attached hydrogens (primary N) is 1. The monoisotopic (exact) mass is 462 g/mol. The van der Waals surface area contributed by atoms with Crippen molar-refractivity contribution in [2.45, 2.75) is 95.5 Å². The van der Waals surface area contributed by atoms with Gasteiger partial charge in [-0.3, -0.25) is 9.59 Å². The number of ether oxygens (including phenoxy) is 4. The molecule has 0 aromatic rings. The van der Waals surface area contributed by atoms with Gasteiger partial charge in [-0.25, -0.2) is 0 Å². The van der Waals surface area contributed by atoms with Crippen molar-refractivity contribution >= 4 is 11.9 Å². The lowest BCUT2D eigenvalue weighted by Crippen LogP contribution is -2.55. The first-order valence-electron chi connectivity index (χ1n) is 11.8. The van der Waals surface area contributed by atoms with Crippen molar-refractivity contribution in [2.75, 3.05) is 13.2 Å². The third-order valence-electron chi connectivity index (χ3n) is 6.42. The number of nitrogens with one attached hydrogen (secondary N) is 1. The Balaban J connectivity index is 1.43. The predicted octanol–water partition coefficient (Wildman–Crippen LogP) is 2.32. The van der Waals surface area contributed by atoms with Crippen LogP contribution < -0.4 is 11.1 Å². The van der Waals surface area contributed by atoms with E-state index >= 15 is 0 Å². The van der Waals surface area contributed by atoms with E-state index in [1.54, 1.807) is 13.0 Å². The Kier molecular flexibility index (Phi) is 8.87. The lowest BCUT2D eigenvalue weighted by atomic mass is 9.92. The number of esters is 1. The van der Waals surface area contributed by atoms with Gasteiger partial charge < -0.3 is 30.0 Å². The average molecular weight is 463 g/mol. The van der Waals surface area contributed by atoms with Crippen LogP contribution >= 0.6 is 0 Å². The Bertz CT molecular complexity index is 788. The molecule has 3 rings (SSSR count). The highest BCUT2D eigenvalue weighted by atomic mass is 16.6. The molecule has 3 N–H and O–H groups in total. The number of carbonyl (C=O) groups excluding carboxylic acids is 2. The first kappa shape index (κ1) is 25.6. The smallest absolute Gasteiger partial charge is 0.303 e. The van der Waals surface area contributed by atoms with Crippen LogP contribution in [0, 0.1) is 0 Å². The average Bonchev–Trinajstić information content (AvgIpc) is 3.49. The number of epoxide rings is 1. The molecule has 3 fully saturated rings. The zero-order valence-electron chi connectivity index (χ0n) is 20.1. The highest BCUT2D eigenvalue weighted by molar-refractivity contribution is 5.87. The summed E-state index contributed by atoms with van der Waals surface area (Å²) in [6, 6.07) is -0.361. The van der Waals surface area contributed by atoms with Gasteiger partial charge in [-0.05, 0) is 39.7 Å².